The summed E-state index contributed by atoms with van der Waals surface area (Å²) < 4.78 is 6.55. The summed E-state index contributed by atoms with van der Waals surface area (Å²) in [6, 6.07) is 22.3. The molecule has 4 nitrogen and oxygen atoms in total. The number of carbonyl (C=O) groups is 1. The van der Waals surface area contributed by atoms with E-state index in [0.717, 1.165) is 9.13 Å². The van der Waals surface area contributed by atoms with Gasteiger partial charge in [-0.3, -0.25) is 4.79 Å². The highest BCUT2D eigenvalue weighted by molar-refractivity contribution is 14.1. The van der Waals surface area contributed by atoms with Crippen molar-refractivity contribution in [1.82, 2.24) is 0 Å². The second-order valence-electron chi connectivity index (χ2n) is 6.96. The summed E-state index contributed by atoms with van der Waals surface area (Å²) in [6.45, 7) is 0.331. The highest BCUT2D eigenvalue weighted by Gasteiger charge is 2.52. The van der Waals surface area contributed by atoms with Crippen LogP contribution in [0.1, 0.15) is 16.7 Å². The maximum atomic E-state index is 13.5. The highest BCUT2D eigenvalue weighted by atomic mass is 127. The fourth-order valence-corrected chi connectivity index (χ4v) is 4.58. The van der Waals surface area contributed by atoms with Gasteiger partial charge < -0.3 is 14.7 Å². The summed E-state index contributed by atoms with van der Waals surface area (Å²) in [5.74, 6) is -0.299. The van der Waals surface area contributed by atoms with Gasteiger partial charge >= 0.3 is 0 Å². The summed E-state index contributed by atoms with van der Waals surface area (Å²) in [5, 5.41) is 12.5. The maximum absolute atomic E-state index is 13.5. The summed E-state index contributed by atoms with van der Waals surface area (Å²) >= 11 is 8.34. The monoisotopic (exact) mass is 519 g/mol. The van der Waals surface area contributed by atoms with Crippen LogP contribution >= 0.6 is 34.2 Å². The minimum atomic E-state index is -1.59. The van der Waals surface area contributed by atoms with E-state index in [2.05, 4.69) is 22.6 Å². The first-order valence-corrected chi connectivity index (χ1v) is 10.6. The fourth-order valence-electron chi connectivity index (χ4n) is 3.88. The Bertz CT molecular complexity index is 1060. The van der Waals surface area contributed by atoms with Crippen LogP contribution in [0.3, 0.4) is 0 Å². The number of anilines is 1. The van der Waals surface area contributed by atoms with Crippen molar-refractivity contribution >= 4 is 45.8 Å². The van der Waals surface area contributed by atoms with E-state index in [9.17, 15) is 9.90 Å². The van der Waals surface area contributed by atoms with Gasteiger partial charge in [-0.2, -0.15) is 0 Å². The van der Waals surface area contributed by atoms with E-state index in [4.69, 9.17) is 16.3 Å². The number of nitrogens with zero attached hydrogens (tertiary/aromatic N) is 1. The predicted octanol–water partition coefficient (Wildman–Crippen LogP) is 4.74. The molecule has 0 aliphatic carbocycles. The number of amides is 1. The molecule has 6 heteroatoms. The van der Waals surface area contributed by atoms with E-state index >= 15 is 0 Å². The average Bonchev–Trinajstić information content (AvgIpc) is 2.72. The number of benzene rings is 3. The quantitative estimate of drug-likeness (QED) is 0.507. The van der Waals surface area contributed by atoms with Crippen LogP contribution in [0, 0.1) is 3.57 Å². The second-order valence-corrected chi connectivity index (χ2v) is 8.65. The zero-order valence-electron chi connectivity index (χ0n) is 15.7. The van der Waals surface area contributed by atoms with E-state index in [0.29, 0.717) is 28.4 Å². The highest BCUT2D eigenvalue weighted by Crippen LogP contribution is 2.45. The van der Waals surface area contributed by atoms with Crippen molar-refractivity contribution in [2.75, 3.05) is 12.0 Å². The summed E-state index contributed by atoms with van der Waals surface area (Å²) in [6.07, 6.45) is -1.07. The Hall–Kier alpha value is -1.93. The van der Waals surface area contributed by atoms with Crippen LogP contribution < -0.4 is 4.90 Å². The predicted molar refractivity (Wildman–Crippen MR) is 122 cm³/mol. The topological polar surface area (TPSA) is 49.8 Å². The summed E-state index contributed by atoms with van der Waals surface area (Å²) in [5.41, 5.74) is 1.23. The lowest BCUT2D eigenvalue weighted by Crippen LogP contribution is -2.57. The number of aliphatic hydroxyl groups is 1. The zero-order valence-corrected chi connectivity index (χ0v) is 18.6. The van der Waals surface area contributed by atoms with Gasteiger partial charge in [-0.25, -0.2) is 0 Å². The molecule has 0 saturated carbocycles. The SMILES string of the molecule is COC1C(=O)N(Cc2cccc(Cl)c2)c2ccc(I)cc2C1(O)c1ccccc1. The Morgan fingerprint density at radius 1 is 1.10 bits per heavy atom. The lowest BCUT2D eigenvalue weighted by molar-refractivity contribution is -0.145. The number of hydrogen-bond donors (Lipinski definition) is 1. The van der Waals surface area contributed by atoms with Gasteiger partial charge in [0, 0.05) is 21.3 Å². The molecule has 1 aliphatic rings. The smallest absolute Gasteiger partial charge is 0.260 e. The first-order valence-electron chi connectivity index (χ1n) is 9.11. The fraction of sp³-hybridized carbons (Fsp3) is 0.174. The molecular formula is C23H19ClINO3. The van der Waals surface area contributed by atoms with Crippen LogP contribution in [-0.4, -0.2) is 24.2 Å². The summed E-state index contributed by atoms with van der Waals surface area (Å²) in [7, 11) is 1.45. The Balaban J connectivity index is 1.90. The average molecular weight is 520 g/mol. The molecule has 0 spiro atoms. The first kappa shape index (κ1) is 20.3. The third-order valence-electron chi connectivity index (χ3n) is 5.21. The molecule has 148 valence electrons. The van der Waals surface area contributed by atoms with Crippen molar-refractivity contribution in [1.29, 1.82) is 0 Å². The third kappa shape index (κ3) is 3.57. The number of fused-ring (bicyclic) bond motifs is 1. The van der Waals surface area contributed by atoms with Crippen LogP contribution in [0.4, 0.5) is 5.69 Å². The van der Waals surface area contributed by atoms with Crippen molar-refractivity contribution in [2.24, 2.45) is 0 Å². The molecule has 4 rings (SSSR count). The van der Waals surface area contributed by atoms with Gasteiger partial charge in [0.2, 0.25) is 0 Å². The summed E-state index contributed by atoms with van der Waals surface area (Å²) in [4.78, 5) is 15.1. The molecule has 2 atom stereocenters. The molecule has 0 fully saturated rings. The van der Waals surface area contributed by atoms with Crippen LogP contribution in [0.5, 0.6) is 0 Å². The van der Waals surface area contributed by atoms with Crippen molar-refractivity contribution in [2.45, 2.75) is 18.2 Å². The first-order chi connectivity index (χ1) is 13.9. The number of rotatable bonds is 4. The Morgan fingerprint density at radius 2 is 1.86 bits per heavy atom. The number of halogens is 2. The molecule has 0 bridgehead atoms. The molecule has 2 unspecified atom stereocenters. The zero-order chi connectivity index (χ0) is 20.6. The Morgan fingerprint density at radius 3 is 2.55 bits per heavy atom. The van der Waals surface area contributed by atoms with Gasteiger partial charge in [-0.15, -0.1) is 0 Å². The minimum absolute atomic E-state index is 0.299. The Labute approximate surface area is 188 Å². The van der Waals surface area contributed by atoms with E-state index in [1.165, 1.54) is 7.11 Å². The Kier molecular flexibility index (Phi) is 5.66. The molecule has 0 radical (unpaired) electrons. The molecule has 1 aliphatic heterocycles. The lowest BCUT2D eigenvalue weighted by atomic mass is 9.77. The molecule has 3 aromatic rings. The number of carbonyl (C=O) groups excluding carboxylic acids is 1. The molecule has 3 aromatic carbocycles. The molecule has 0 aromatic heterocycles. The van der Waals surface area contributed by atoms with Gasteiger partial charge in [-0.1, -0.05) is 54.1 Å². The number of methoxy groups -OCH3 is 1. The lowest BCUT2D eigenvalue weighted by Gasteiger charge is -2.44. The molecular weight excluding hydrogens is 501 g/mol. The van der Waals surface area contributed by atoms with Crippen LogP contribution in [0.2, 0.25) is 5.02 Å². The van der Waals surface area contributed by atoms with Crippen LogP contribution in [0.15, 0.2) is 72.8 Å². The maximum Gasteiger partial charge on any atom is 0.260 e. The number of ether oxygens (including phenoxy) is 1. The van der Waals surface area contributed by atoms with E-state index in [1.54, 1.807) is 11.0 Å². The van der Waals surface area contributed by atoms with E-state index in [-0.39, 0.29) is 5.91 Å². The molecule has 0 saturated heterocycles. The normalized spacial score (nSPS) is 21.2. The van der Waals surface area contributed by atoms with Gasteiger partial charge in [-0.05, 0) is 64.0 Å². The minimum Gasteiger partial charge on any atom is -0.377 e. The van der Waals surface area contributed by atoms with Gasteiger partial charge in [0.05, 0.1) is 12.2 Å². The van der Waals surface area contributed by atoms with Gasteiger partial charge in [0.1, 0.15) is 0 Å². The molecule has 1 heterocycles. The van der Waals surface area contributed by atoms with Gasteiger partial charge in [0.25, 0.3) is 5.91 Å². The second kappa shape index (κ2) is 8.07. The van der Waals surface area contributed by atoms with Gasteiger partial charge in [0.15, 0.2) is 11.7 Å². The van der Waals surface area contributed by atoms with Crippen LogP contribution in [-0.2, 0) is 21.7 Å². The van der Waals surface area contributed by atoms with E-state index in [1.807, 2.05) is 66.7 Å². The van der Waals surface area contributed by atoms with Crippen molar-refractivity contribution < 1.29 is 14.6 Å². The standard InChI is InChI=1S/C23H19ClINO3/c1-29-21-22(27)26(14-15-6-5-9-17(24)12-15)20-11-10-18(25)13-19(20)23(21,28)16-7-3-2-4-8-16/h2-13,21,28H,14H2,1H3. The number of hydrogen-bond acceptors (Lipinski definition) is 3. The molecule has 1 amide bonds. The van der Waals surface area contributed by atoms with Crippen molar-refractivity contribution in [3.05, 3.63) is 98.1 Å². The van der Waals surface area contributed by atoms with E-state index < -0.39 is 11.7 Å². The molecule has 29 heavy (non-hydrogen) atoms. The van der Waals surface area contributed by atoms with Crippen molar-refractivity contribution in [3.8, 4) is 0 Å². The van der Waals surface area contributed by atoms with Crippen molar-refractivity contribution in [3.63, 3.8) is 0 Å². The molecule has 1 N–H and O–H groups in total. The third-order valence-corrected chi connectivity index (χ3v) is 6.12. The largest absolute Gasteiger partial charge is 0.377 e. The van der Waals surface area contributed by atoms with Crippen LogP contribution in [0.25, 0.3) is 0 Å².